The third-order valence-corrected chi connectivity index (χ3v) is 5.70. The molecule has 5 heteroatoms. The largest absolute Gasteiger partial charge is 0.397 e. The van der Waals surface area contributed by atoms with Crippen LogP contribution in [0.3, 0.4) is 0 Å². The molecule has 1 aromatic carbocycles. The normalized spacial score (nSPS) is 18.9. The summed E-state index contributed by atoms with van der Waals surface area (Å²) < 4.78 is 0.976. The Kier molecular flexibility index (Phi) is 3.84. The SMILES string of the molecule is CC(C)C1CCCN1C(=O)c1sc2cccc(Cl)c2c1N. The van der Waals surface area contributed by atoms with Crippen molar-refractivity contribution in [3.63, 3.8) is 0 Å². The van der Waals surface area contributed by atoms with Crippen LogP contribution in [0.5, 0.6) is 0 Å². The molecule has 2 N–H and O–H groups in total. The number of amides is 1. The maximum absolute atomic E-state index is 12.9. The monoisotopic (exact) mass is 322 g/mol. The van der Waals surface area contributed by atoms with Crippen LogP contribution in [-0.2, 0) is 0 Å². The number of carbonyl (C=O) groups excluding carboxylic acids is 1. The Labute approximate surface area is 133 Å². The lowest BCUT2D eigenvalue weighted by Gasteiger charge is -2.27. The summed E-state index contributed by atoms with van der Waals surface area (Å²) in [6, 6.07) is 5.98. The summed E-state index contributed by atoms with van der Waals surface area (Å²) >= 11 is 7.67. The van der Waals surface area contributed by atoms with E-state index in [1.54, 1.807) is 0 Å². The number of hydrogen-bond acceptors (Lipinski definition) is 3. The number of rotatable bonds is 2. The molecule has 1 amide bonds. The smallest absolute Gasteiger partial charge is 0.266 e. The Morgan fingerprint density at radius 1 is 1.48 bits per heavy atom. The molecule has 1 aromatic heterocycles. The zero-order valence-electron chi connectivity index (χ0n) is 12.2. The molecule has 0 radical (unpaired) electrons. The Hall–Kier alpha value is -1.26. The molecule has 1 aliphatic rings. The van der Waals surface area contributed by atoms with Crippen molar-refractivity contribution in [2.75, 3.05) is 12.3 Å². The first-order valence-corrected chi connectivity index (χ1v) is 8.47. The number of nitrogens with zero attached hydrogens (tertiary/aromatic N) is 1. The predicted molar refractivity (Wildman–Crippen MR) is 90.1 cm³/mol. The number of halogens is 1. The molecule has 21 heavy (non-hydrogen) atoms. The van der Waals surface area contributed by atoms with Gasteiger partial charge in [0, 0.05) is 22.7 Å². The van der Waals surface area contributed by atoms with Gasteiger partial charge in [0.2, 0.25) is 0 Å². The number of carbonyl (C=O) groups is 1. The van der Waals surface area contributed by atoms with E-state index in [9.17, 15) is 4.79 Å². The van der Waals surface area contributed by atoms with E-state index in [-0.39, 0.29) is 5.91 Å². The molecule has 0 saturated carbocycles. The quantitative estimate of drug-likeness (QED) is 0.890. The topological polar surface area (TPSA) is 46.3 Å². The highest BCUT2D eigenvalue weighted by molar-refractivity contribution is 7.21. The summed E-state index contributed by atoms with van der Waals surface area (Å²) in [6.45, 7) is 5.16. The minimum atomic E-state index is 0.0565. The van der Waals surface area contributed by atoms with E-state index < -0.39 is 0 Å². The van der Waals surface area contributed by atoms with Crippen molar-refractivity contribution in [1.82, 2.24) is 4.90 Å². The van der Waals surface area contributed by atoms with Crippen LogP contribution in [0.15, 0.2) is 18.2 Å². The number of nitrogen functional groups attached to an aromatic ring is 1. The molecule has 1 aliphatic heterocycles. The van der Waals surface area contributed by atoms with Gasteiger partial charge in [-0.2, -0.15) is 0 Å². The molecule has 2 heterocycles. The summed E-state index contributed by atoms with van der Waals surface area (Å²) in [7, 11) is 0. The first-order valence-electron chi connectivity index (χ1n) is 7.28. The van der Waals surface area contributed by atoms with Gasteiger partial charge in [-0.1, -0.05) is 31.5 Å². The molecule has 0 aliphatic carbocycles. The first-order chi connectivity index (χ1) is 10.0. The summed E-state index contributed by atoms with van der Waals surface area (Å²) in [5.74, 6) is 0.525. The lowest BCUT2D eigenvalue weighted by atomic mass is 10.0. The fourth-order valence-electron chi connectivity index (χ4n) is 3.16. The Morgan fingerprint density at radius 3 is 2.90 bits per heavy atom. The lowest BCUT2D eigenvalue weighted by molar-refractivity contribution is 0.0707. The number of hydrogen-bond donors (Lipinski definition) is 1. The van der Waals surface area contributed by atoms with E-state index in [1.165, 1.54) is 11.3 Å². The number of anilines is 1. The second-order valence-corrected chi connectivity index (χ2v) is 7.37. The molecule has 1 saturated heterocycles. The summed E-state index contributed by atoms with van der Waals surface area (Å²) in [5, 5.41) is 1.43. The molecule has 1 atom stereocenters. The third-order valence-electron chi connectivity index (χ3n) is 4.23. The Balaban J connectivity index is 2.02. The Bertz CT molecular complexity index is 695. The molecule has 1 fully saturated rings. The number of thiophene rings is 1. The summed E-state index contributed by atoms with van der Waals surface area (Å²) in [6.07, 6.45) is 2.15. The highest BCUT2D eigenvalue weighted by Crippen LogP contribution is 2.39. The maximum atomic E-state index is 12.9. The highest BCUT2D eigenvalue weighted by atomic mass is 35.5. The second kappa shape index (κ2) is 5.50. The van der Waals surface area contributed by atoms with Crippen LogP contribution in [0.2, 0.25) is 5.02 Å². The van der Waals surface area contributed by atoms with Crippen molar-refractivity contribution < 1.29 is 4.79 Å². The van der Waals surface area contributed by atoms with Crippen molar-refractivity contribution in [2.24, 2.45) is 5.92 Å². The van der Waals surface area contributed by atoms with Crippen molar-refractivity contribution in [3.8, 4) is 0 Å². The van der Waals surface area contributed by atoms with Gasteiger partial charge in [0.25, 0.3) is 5.91 Å². The van der Waals surface area contributed by atoms with Gasteiger partial charge in [-0.3, -0.25) is 4.79 Å². The minimum absolute atomic E-state index is 0.0565. The molecule has 2 aromatic rings. The number of fused-ring (bicyclic) bond motifs is 1. The number of likely N-dealkylation sites (tertiary alicyclic amines) is 1. The van der Waals surface area contributed by atoms with Crippen LogP contribution in [-0.4, -0.2) is 23.4 Å². The van der Waals surface area contributed by atoms with Crippen LogP contribution in [0.4, 0.5) is 5.69 Å². The van der Waals surface area contributed by atoms with Gasteiger partial charge in [-0.05, 0) is 30.9 Å². The molecule has 0 spiro atoms. The van der Waals surface area contributed by atoms with Crippen LogP contribution in [0, 0.1) is 5.92 Å². The zero-order valence-corrected chi connectivity index (χ0v) is 13.8. The van der Waals surface area contributed by atoms with E-state index in [4.69, 9.17) is 17.3 Å². The van der Waals surface area contributed by atoms with Crippen LogP contribution < -0.4 is 5.73 Å². The van der Waals surface area contributed by atoms with Crippen LogP contribution in [0.1, 0.15) is 36.4 Å². The third kappa shape index (κ3) is 2.40. The minimum Gasteiger partial charge on any atom is -0.397 e. The average molecular weight is 323 g/mol. The van der Waals surface area contributed by atoms with Crippen molar-refractivity contribution >= 4 is 44.6 Å². The Morgan fingerprint density at radius 2 is 2.24 bits per heavy atom. The van der Waals surface area contributed by atoms with Crippen molar-refractivity contribution in [1.29, 1.82) is 0 Å². The standard InChI is InChI=1S/C16H19ClN2OS/c1-9(2)11-6-4-8-19(11)16(20)15-14(18)13-10(17)5-3-7-12(13)21-15/h3,5,7,9,11H,4,6,8,18H2,1-2H3. The summed E-state index contributed by atoms with van der Waals surface area (Å²) in [5.41, 5.74) is 6.74. The number of nitrogens with two attached hydrogens (primary N) is 1. The van der Waals surface area contributed by atoms with Gasteiger partial charge in [0.15, 0.2) is 0 Å². The van der Waals surface area contributed by atoms with E-state index in [1.807, 2.05) is 23.1 Å². The summed E-state index contributed by atoms with van der Waals surface area (Å²) in [4.78, 5) is 15.5. The molecule has 0 bridgehead atoms. The predicted octanol–water partition coefficient (Wildman–Crippen LogP) is 4.40. The van der Waals surface area contributed by atoms with E-state index in [2.05, 4.69) is 13.8 Å². The van der Waals surface area contributed by atoms with Gasteiger partial charge in [0.05, 0.1) is 10.7 Å². The zero-order chi connectivity index (χ0) is 15.1. The molecular formula is C16H19ClN2OS. The van der Waals surface area contributed by atoms with Crippen molar-refractivity contribution in [3.05, 3.63) is 28.1 Å². The van der Waals surface area contributed by atoms with Gasteiger partial charge in [-0.15, -0.1) is 11.3 Å². The first kappa shape index (κ1) is 14.7. The van der Waals surface area contributed by atoms with E-state index >= 15 is 0 Å². The highest BCUT2D eigenvalue weighted by Gasteiger charge is 2.33. The molecule has 3 rings (SSSR count). The fraction of sp³-hybridized carbons (Fsp3) is 0.438. The van der Waals surface area contributed by atoms with E-state index in [0.29, 0.717) is 27.5 Å². The second-order valence-electron chi connectivity index (χ2n) is 5.91. The molecule has 112 valence electrons. The molecular weight excluding hydrogens is 304 g/mol. The van der Waals surface area contributed by atoms with Gasteiger partial charge in [0.1, 0.15) is 4.88 Å². The van der Waals surface area contributed by atoms with Crippen LogP contribution in [0.25, 0.3) is 10.1 Å². The van der Waals surface area contributed by atoms with Gasteiger partial charge in [-0.25, -0.2) is 0 Å². The van der Waals surface area contributed by atoms with E-state index in [0.717, 1.165) is 29.5 Å². The number of benzene rings is 1. The van der Waals surface area contributed by atoms with Gasteiger partial charge >= 0.3 is 0 Å². The molecule has 3 nitrogen and oxygen atoms in total. The van der Waals surface area contributed by atoms with Crippen LogP contribution >= 0.6 is 22.9 Å². The average Bonchev–Trinajstić information content (AvgIpc) is 3.04. The van der Waals surface area contributed by atoms with Crippen molar-refractivity contribution in [2.45, 2.75) is 32.7 Å². The van der Waals surface area contributed by atoms with Gasteiger partial charge < -0.3 is 10.6 Å². The maximum Gasteiger partial charge on any atom is 0.266 e. The molecule has 1 unspecified atom stereocenters. The fourth-order valence-corrected chi connectivity index (χ4v) is 4.59. The lowest BCUT2D eigenvalue weighted by Crippen LogP contribution is -2.38.